The van der Waals surface area contributed by atoms with Crippen molar-refractivity contribution in [2.24, 2.45) is 0 Å². The summed E-state index contributed by atoms with van der Waals surface area (Å²) in [7, 11) is 0. The molecule has 2 N–H and O–H groups in total. The third kappa shape index (κ3) is 3.39. The summed E-state index contributed by atoms with van der Waals surface area (Å²) >= 11 is 0. The second-order valence-electron chi connectivity index (χ2n) is 5.04. The molecule has 1 aliphatic carbocycles. The van der Waals surface area contributed by atoms with Gasteiger partial charge in [-0.1, -0.05) is 12.8 Å². The Hall–Kier alpha value is -1.26. The minimum absolute atomic E-state index is 0.135. The third-order valence-electron chi connectivity index (χ3n) is 3.70. The number of hydrogen-bond acceptors (Lipinski definition) is 4. The molecule has 1 rings (SSSR count). The first kappa shape index (κ1) is 15.8. The maximum atomic E-state index is 12.2. The summed E-state index contributed by atoms with van der Waals surface area (Å²) in [6.45, 7) is 5.00. The fraction of sp³-hybridized carbons (Fsp3) is 0.600. The zero-order chi connectivity index (χ0) is 14.6. The van der Waals surface area contributed by atoms with Crippen molar-refractivity contribution in [2.45, 2.75) is 52.6 Å². The smallest absolute Gasteiger partial charge is 0.188 e. The molecule has 0 bridgehead atoms. The highest BCUT2D eigenvalue weighted by Gasteiger charge is 2.31. The molecular formula is C15H22O4. The lowest BCUT2D eigenvalue weighted by atomic mass is 9.82. The van der Waals surface area contributed by atoms with Gasteiger partial charge in [0.1, 0.15) is 0 Å². The van der Waals surface area contributed by atoms with E-state index in [0.29, 0.717) is 29.6 Å². The molecular weight excluding hydrogens is 244 g/mol. The minimum atomic E-state index is -0.891. The van der Waals surface area contributed by atoms with E-state index >= 15 is 0 Å². The van der Waals surface area contributed by atoms with Crippen molar-refractivity contribution in [3.05, 3.63) is 22.3 Å². The molecule has 1 aliphatic rings. The van der Waals surface area contributed by atoms with Crippen LogP contribution in [-0.2, 0) is 9.59 Å². The van der Waals surface area contributed by atoms with Gasteiger partial charge >= 0.3 is 0 Å². The van der Waals surface area contributed by atoms with Crippen LogP contribution in [0.1, 0.15) is 46.5 Å². The van der Waals surface area contributed by atoms with Gasteiger partial charge in [0, 0.05) is 28.9 Å². The number of rotatable bonds is 6. The predicted molar refractivity (Wildman–Crippen MR) is 72.6 cm³/mol. The minimum Gasteiger partial charge on any atom is -0.396 e. The average molecular weight is 266 g/mol. The maximum Gasteiger partial charge on any atom is 0.188 e. The van der Waals surface area contributed by atoms with Gasteiger partial charge in [-0.15, -0.1) is 0 Å². The van der Waals surface area contributed by atoms with Crippen LogP contribution in [0, 0.1) is 0 Å². The molecule has 1 atom stereocenters. The number of aliphatic hydroxyl groups is 2. The van der Waals surface area contributed by atoms with Gasteiger partial charge < -0.3 is 10.2 Å². The largest absolute Gasteiger partial charge is 0.396 e. The monoisotopic (exact) mass is 266 g/mol. The number of carbonyl (C=O) groups is 2. The maximum absolute atomic E-state index is 12.2. The van der Waals surface area contributed by atoms with E-state index in [-0.39, 0.29) is 23.7 Å². The summed E-state index contributed by atoms with van der Waals surface area (Å²) in [5.41, 5.74) is 1.51. The fourth-order valence-electron chi connectivity index (χ4n) is 2.29. The molecule has 0 aliphatic heterocycles. The first-order chi connectivity index (χ1) is 8.91. The quantitative estimate of drug-likeness (QED) is 0.567. The standard InChI is InChI=1S/C15H22O4/c1-9-10(2)15(19)13(11(3)14(9)18)12(17)7-5-4-6-8-16/h12,16-17H,4-8H2,1-3H3. The number of unbranched alkanes of at least 4 members (excludes halogenated alkanes) is 2. The lowest BCUT2D eigenvalue weighted by Crippen LogP contribution is -2.28. The second-order valence-corrected chi connectivity index (χ2v) is 5.04. The summed E-state index contributed by atoms with van der Waals surface area (Å²) in [6, 6.07) is 0. The molecule has 1 unspecified atom stereocenters. The van der Waals surface area contributed by atoms with Crippen molar-refractivity contribution >= 4 is 11.6 Å². The van der Waals surface area contributed by atoms with Crippen LogP contribution in [0.5, 0.6) is 0 Å². The van der Waals surface area contributed by atoms with Gasteiger partial charge in [-0.3, -0.25) is 9.59 Å². The Labute approximate surface area is 113 Å². The van der Waals surface area contributed by atoms with Gasteiger partial charge in [0.2, 0.25) is 0 Å². The Kier molecular flexibility index (Phi) is 5.63. The molecule has 0 aromatic carbocycles. The molecule has 19 heavy (non-hydrogen) atoms. The van der Waals surface area contributed by atoms with Crippen LogP contribution in [0.15, 0.2) is 22.3 Å². The number of ketones is 2. The molecule has 0 aromatic heterocycles. The van der Waals surface area contributed by atoms with Crippen molar-refractivity contribution in [1.29, 1.82) is 0 Å². The van der Waals surface area contributed by atoms with E-state index in [1.54, 1.807) is 20.8 Å². The van der Waals surface area contributed by atoms with Crippen LogP contribution in [0.25, 0.3) is 0 Å². The highest BCUT2D eigenvalue weighted by Crippen LogP contribution is 2.27. The van der Waals surface area contributed by atoms with Crippen molar-refractivity contribution in [3.63, 3.8) is 0 Å². The van der Waals surface area contributed by atoms with Gasteiger partial charge in [0.05, 0.1) is 6.10 Å². The van der Waals surface area contributed by atoms with E-state index in [0.717, 1.165) is 12.8 Å². The van der Waals surface area contributed by atoms with Gasteiger partial charge in [0.25, 0.3) is 0 Å². The van der Waals surface area contributed by atoms with Gasteiger partial charge in [-0.05, 0) is 33.6 Å². The number of allylic oxidation sites excluding steroid dienone is 3. The van der Waals surface area contributed by atoms with Gasteiger partial charge in [-0.25, -0.2) is 0 Å². The molecule has 0 radical (unpaired) electrons. The molecule has 4 nitrogen and oxygen atoms in total. The highest BCUT2D eigenvalue weighted by molar-refractivity contribution is 6.24. The van der Waals surface area contributed by atoms with Crippen LogP contribution in [0.3, 0.4) is 0 Å². The Bertz CT molecular complexity index is 443. The van der Waals surface area contributed by atoms with Crippen LogP contribution in [0.4, 0.5) is 0 Å². The van der Waals surface area contributed by atoms with E-state index in [1.807, 2.05) is 0 Å². The van der Waals surface area contributed by atoms with Crippen molar-refractivity contribution in [1.82, 2.24) is 0 Å². The Balaban J connectivity index is 2.81. The number of carbonyl (C=O) groups excluding carboxylic acids is 2. The molecule has 0 fully saturated rings. The SMILES string of the molecule is CC1=C(C)C(=O)C(C(O)CCCCCO)=C(C)C1=O. The number of Topliss-reactive ketones (excluding diaryl/α,β-unsaturated/α-hetero) is 2. The summed E-state index contributed by atoms with van der Waals surface area (Å²) in [4.78, 5) is 24.1. The lowest BCUT2D eigenvalue weighted by molar-refractivity contribution is -0.117. The molecule has 0 saturated heterocycles. The molecule has 0 amide bonds. The van der Waals surface area contributed by atoms with Crippen molar-refractivity contribution in [3.8, 4) is 0 Å². The predicted octanol–water partition coefficient (Wildman–Crippen LogP) is 1.70. The fourth-order valence-corrected chi connectivity index (χ4v) is 2.29. The Morgan fingerprint density at radius 3 is 2.05 bits per heavy atom. The summed E-state index contributed by atoms with van der Waals surface area (Å²) in [5, 5.41) is 18.8. The number of hydrogen-bond donors (Lipinski definition) is 2. The molecule has 0 aromatic rings. The first-order valence-corrected chi connectivity index (χ1v) is 6.68. The van der Waals surface area contributed by atoms with Crippen LogP contribution in [-0.4, -0.2) is 34.5 Å². The number of aliphatic hydroxyl groups excluding tert-OH is 2. The van der Waals surface area contributed by atoms with Crippen LogP contribution in [0.2, 0.25) is 0 Å². The highest BCUT2D eigenvalue weighted by atomic mass is 16.3. The zero-order valence-corrected chi connectivity index (χ0v) is 11.8. The Morgan fingerprint density at radius 1 is 0.895 bits per heavy atom. The summed E-state index contributed by atoms with van der Waals surface area (Å²) < 4.78 is 0. The van der Waals surface area contributed by atoms with E-state index < -0.39 is 6.10 Å². The normalized spacial score (nSPS) is 18.4. The second kappa shape index (κ2) is 6.78. The average Bonchev–Trinajstić information content (AvgIpc) is 2.39. The third-order valence-corrected chi connectivity index (χ3v) is 3.70. The Morgan fingerprint density at radius 2 is 1.47 bits per heavy atom. The van der Waals surface area contributed by atoms with Crippen LogP contribution >= 0.6 is 0 Å². The first-order valence-electron chi connectivity index (χ1n) is 6.68. The van der Waals surface area contributed by atoms with E-state index in [2.05, 4.69) is 0 Å². The van der Waals surface area contributed by atoms with E-state index in [4.69, 9.17) is 5.11 Å². The topological polar surface area (TPSA) is 74.6 Å². The molecule has 0 saturated carbocycles. The van der Waals surface area contributed by atoms with E-state index in [1.165, 1.54) is 0 Å². The van der Waals surface area contributed by atoms with E-state index in [9.17, 15) is 14.7 Å². The molecule has 0 spiro atoms. The molecule has 106 valence electrons. The lowest BCUT2D eigenvalue weighted by Gasteiger charge is -2.22. The molecule has 0 heterocycles. The molecule has 4 heteroatoms. The van der Waals surface area contributed by atoms with Gasteiger partial charge in [-0.2, -0.15) is 0 Å². The summed E-state index contributed by atoms with van der Waals surface area (Å²) in [5.74, 6) is -0.370. The van der Waals surface area contributed by atoms with Gasteiger partial charge in [0.15, 0.2) is 11.6 Å². The summed E-state index contributed by atoms with van der Waals surface area (Å²) in [6.07, 6.45) is 1.77. The van der Waals surface area contributed by atoms with Crippen LogP contribution < -0.4 is 0 Å². The zero-order valence-electron chi connectivity index (χ0n) is 11.8. The van der Waals surface area contributed by atoms with Crippen molar-refractivity contribution in [2.75, 3.05) is 6.61 Å². The van der Waals surface area contributed by atoms with Crippen molar-refractivity contribution < 1.29 is 19.8 Å².